The van der Waals surface area contributed by atoms with Crippen LogP contribution >= 0.6 is 0 Å². The maximum absolute atomic E-state index is 12.2. The lowest BCUT2D eigenvalue weighted by Gasteiger charge is -2.11. The highest BCUT2D eigenvalue weighted by Crippen LogP contribution is 2.14. The van der Waals surface area contributed by atoms with Crippen LogP contribution in [0.3, 0.4) is 0 Å². The Morgan fingerprint density at radius 2 is 1.81 bits per heavy atom. The minimum absolute atomic E-state index is 0.0800. The summed E-state index contributed by atoms with van der Waals surface area (Å²) >= 11 is 0. The van der Waals surface area contributed by atoms with Gasteiger partial charge in [0, 0.05) is 5.56 Å². The van der Waals surface area contributed by atoms with Gasteiger partial charge in [0.15, 0.2) is 6.61 Å². The molecule has 0 atom stereocenters. The van der Waals surface area contributed by atoms with Crippen LogP contribution in [0.25, 0.3) is 0 Å². The number of ether oxygens (including phenoxy) is 1. The van der Waals surface area contributed by atoms with Crippen LogP contribution in [-0.2, 0) is 14.8 Å². The van der Waals surface area contributed by atoms with Crippen LogP contribution in [-0.4, -0.2) is 26.8 Å². The van der Waals surface area contributed by atoms with E-state index in [4.69, 9.17) is 9.88 Å². The predicted molar refractivity (Wildman–Crippen MR) is 94.8 cm³/mol. The molecule has 2 aromatic rings. The molecule has 0 bridgehead atoms. The first-order chi connectivity index (χ1) is 12.2. The average molecular weight is 377 g/mol. The molecule has 4 N–H and O–H groups in total. The van der Waals surface area contributed by atoms with E-state index in [1.807, 2.05) is 13.0 Å². The number of hydrogen-bond acceptors (Lipinski definition) is 5. The number of aryl methyl sites for hydroxylation is 2. The van der Waals surface area contributed by atoms with Gasteiger partial charge in [0.1, 0.15) is 5.75 Å². The minimum Gasteiger partial charge on any atom is -0.484 e. The second-order valence-electron chi connectivity index (χ2n) is 5.63. The maximum atomic E-state index is 12.2. The molecule has 2 aromatic carbocycles. The summed E-state index contributed by atoms with van der Waals surface area (Å²) in [5.41, 5.74) is 6.01. The van der Waals surface area contributed by atoms with Gasteiger partial charge in [-0.05, 0) is 49.2 Å². The van der Waals surface area contributed by atoms with Gasteiger partial charge in [0.2, 0.25) is 10.0 Å². The van der Waals surface area contributed by atoms with Crippen molar-refractivity contribution in [3.8, 4) is 5.75 Å². The summed E-state index contributed by atoms with van der Waals surface area (Å²) in [6, 6.07) is 11.1. The number of hydrazine groups is 1. The fraction of sp³-hybridized carbons (Fsp3) is 0.176. The summed E-state index contributed by atoms with van der Waals surface area (Å²) in [7, 11) is -3.94. The average Bonchev–Trinajstić information content (AvgIpc) is 2.57. The molecule has 0 aliphatic rings. The summed E-state index contributed by atoms with van der Waals surface area (Å²) in [6.45, 7) is 3.23. The Morgan fingerprint density at radius 1 is 1.08 bits per heavy atom. The fourth-order valence-corrected chi connectivity index (χ4v) is 2.65. The van der Waals surface area contributed by atoms with E-state index in [0.29, 0.717) is 11.3 Å². The van der Waals surface area contributed by atoms with Gasteiger partial charge in [0.05, 0.1) is 4.90 Å². The monoisotopic (exact) mass is 377 g/mol. The fourth-order valence-electron chi connectivity index (χ4n) is 2.11. The molecule has 0 unspecified atom stereocenters. The molecule has 0 saturated heterocycles. The summed E-state index contributed by atoms with van der Waals surface area (Å²) < 4.78 is 28.1. The Kier molecular flexibility index (Phi) is 5.96. The van der Waals surface area contributed by atoms with Crippen LogP contribution in [0, 0.1) is 13.8 Å². The zero-order valence-electron chi connectivity index (χ0n) is 14.3. The molecule has 2 rings (SSSR count). The van der Waals surface area contributed by atoms with Gasteiger partial charge in [-0.15, -0.1) is 0 Å². The quantitative estimate of drug-likeness (QED) is 0.664. The number of amides is 2. The largest absolute Gasteiger partial charge is 0.484 e. The third kappa shape index (κ3) is 5.30. The topological polar surface area (TPSA) is 128 Å². The van der Waals surface area contributed by atoms with Crippen LogP contribution in [0.15, 0.2) is 47.4 Å². The molecule has 0 heterocycles. The molecule has 0 spiro atoms. The van der Waals surface area contributed by atoms with Crippen molar-refractivity contribution in [1.29, 1.82) is 0 Å². The molecule has 0 aliphatic carbocycles. The van der Waals surface area contributed by atoms with Crippen LogP contribution in [0.2, 0.25) is 0 Å². The van der Waals surface area contributed by atoms with Gasteiger partial charge >= 0.3 is 0 Å². The number of hydrogen-bond donors (Lipinski definition) is 3. The SMILES string of the molecule is Cc1cccc(OCC(=O)NNC(=O)c2cc(S(N)(=O)=O)ccc2C)c1. The summed E-state index contributed by atoms with van der Waals surface area (Å²) in [5, 5.41) is 5.06. The summed E-state index contributed by atoms with van der Waals surface area (Å²) in [6.07, 6.45) is 0. The number of rotatable bonds is 5. The smallest absolute Gasteiger partial charge is 0.276 e. The number of nitrogens with two attached hydrogens (primary N) is 1. The lowest BCUT2D eigenvalue weighted by atomic mass is 10.1. The Morgan fingerprint density at radius 3 is 2.46 bits per heavy atom. The molecular formula is C17H19N3O5S. The highest BCUT2D eigenvalue weighted by molar-refractivity contribution is 7.89. The van der Waals surface area contributed by atoms with Crippen molar-refractivity contribution >= 4 is 21.8 Å². The number of carbonyl (C=O) groups excluding carboxylic acids is 2. The first-order valence-electron chi connectivity index (χ1n) is 7.59. The standard InChI is InChI=1S/C17H19N3O5S/c1-11-4-3-5-13(8-11)25-10-16(21)19-20-17(22)15-9-14(26(18,23)24)7-6-12(15)2/h3-9H,10H2,1-2H3,(H,19,21)(H,20,22)(H2,18,23,24). The third-order valence-electron chi connectivity index (χ3n) is 3.46. The number of carbonyl (C=O) groups is 2. The number of benzene rings is 2. The van der Waals surface area contributed by atoms with Crippen molar-refractivity contribution in [3.05, 3.63) is 59.2 Å². The van der Waals surface area contributed by atoms with Crippen LogP contribution < -0.4 is 20.7 Å². The van der Waals surface area contributed by atoms with E-state index >= 15 is 0 Å². The highest BCUT2D eigenvalue weighted by Gasteiger charge is 2.15. The normalized spacial score (nSPS) is 10.9. The van der Waals surface area contributed by atoms with E-state index in [9.17, 15) is 18.0 Å². The van der Waals surface area contributed by atoms with Gasteiger partial charge in [-0.3, -0.25) is 20.4 Å². The lowest BCUT2D eigenvalue weighted by Crippen LogP contribution is -2.44. The summed E-state index contributed by atoms with van der Waals surface area (Å²) in [5.74, 6) is -0.708. The minimum atomic E-state index is -3.94. The van der Waals surface area contributed by atoms with Crippen molar-refractivity contribution in [2.24, 2.45) is 5.14 Å². The van der Waals surface area contributed by atoms with Crippen LogP contribution in [0.5, 0.6) is 5.75 Å². The molecule has 9 heteroatoms. The first-order valence-corrected chi connectivity index (χ1v) is 9.13. The Labute approximate surface area is 151 Å². The molecule has 0 aromatic heterocycles. The van der Waals surface area contributed by atoms with Crippen LogP contribution in [0.1, 0.15) is 21.5 Å². The zero-order chi connectivity index (χ0) is 19.3. The number of primary sulfonamides is 1. The molecule has 26 heavy (non-hydrogen) atoms. The third-order valence-corrected chi connectivity index (χ3v) is 4.37. The van der Waals surface area contributed by atoms with E-state index in [0.717, 1.165) is 11.6 Å². The molecule has 0 saturated carbocycles. The van der Waals surface area contributed by atoms with E-state index < -0.39 is 21.8 Å². The van der Waals surface area contributed by atoms with Gasteiger partial charge < -0.3 is 4.74 Å². The molecule has 0 aliphatic heterocycles. The van der Waals surface area contributed by atoms with E-state index in [-0.39, 0.29) is 17.1 Å². The van der Waals surface area contributed by atoms with Crippen molar-refractivity contribution < 1.29 is 22.7 Å². The molecule has 138 valence electrons. The molecule has 0 fully saturated rings. The van der Waals surface area contributed by atoms with Crippen molar-refractivity contribution in [3.63, 3.8) is 0 Å². The van der Waals surface area contributed by atoms with Crippen LogP contribution in [0.4, 0.5) is 0 Å². The number of sulfonamides is 1. The lowest BCUT2D eigenvalue weighted by molar-refractivity contribution is -0.123. The zero-order valence-corrected chi connectivity index (χ0v) is 15.1. The predicted octanol–water partition coefficient (Wildman–Crippen LogP) is 0.791. The van der Waals surface area contributed by atoms with Crippen molar-refractivity contribution in [2.75, 3.05) is 6.61 Å². The van der Waals surface area contributed by atoms with Gasteiger partial charge in [-0.25, -0.2) is 13.6 Å². The maximum Gasteiger partial charge on any atom is 0.276 e. The summed E-state index contributed by atoms with van der Waals surface area (Å²) in [4.78, 5) is 23.8. The number of nitrogens with one attached hydrogen (secondary N) is 2. The van der Waals surface area contributed by atoms with Crippen molar-refractivity contribution in [2.45, 2.75) is 18.7 Å². The highest BCUT2D eigenvalue weighted by atomic mass is 32.2. The van der Waals surface area contributed by atoms with Crippen molar-refractivity contribution in [1.82, 2.24) is 10.9 Å². The molecular weight excluding hydrogens is 358 g/mol. The van der Waals surface area contributed by atoms with Gasteiger partial charge in [0.25, 0.3) is 11.8 Å². The molecule has 8 nitrogen and oxygen atoms in total. The second-order valence-corrected chi connectivity index (χ2v) is 7.19. The Balaban J connectivity index is 1.95. The Hall–Kier alpha value is -2.91. The second kappa shape index (κ2) is 7.98. The molecule has 2 amide bonds. The van der Waals surface area contributed by atoms with Gasteiger partial charge in [-0.1, -0.05) is 18.2 Å². The van der Waals surface area contributed by atoms with E-state index in [1.165, 1.54) is 12.1 Å². The van der Waals surface area contributed by atoms with Gasteiger partial charge in [-0.2, -0.15) is 0 Å². The first kappa shape index (κ1) is 19.4. The molecule has 0 radical (unpaired) electrons. The van der Waals surface area contributed by atoms with E-state index in [1.54, 1.807) is 25.1 Å². The van der Waals surface area contributed by atoms with E-state index in [2.05, 4.69) is 10.9 Å². The Bertz CT molecular complexity index is 941.